The molecule has 2 rings (SSSR count). The quantitative estimate of drug-likeness (QED) is 0.354. The average molecular weight is 374 g/mol. The second kappa shape index (κ2) is 9.97. The minimum absolute atomic E-state index is 0.313. The Hall–Kier alpha value is -1.16. The number of hydrogen-bond acceptors (Lipinski definition) is 5. The molecule has 1 aromatic rings. The van der Waals surface area contributed by atoms with E-state index in [9.17, 15) is 8.42 Å². The van der Waals surface area contributed by atoms with Crippen molar-refractivity contribution in [3.05, 3.63) is 17.5 Å². The number of rotatable bonds is 8. The Morgan fingerprint density at radius 2 is 1.96 bits per heavy atom. The third-order valence-corrected chi connectivity index (χ3v) is 6.72. The van der Waals surface area contributed by atoms with Crippen LogP contribution >= 0.6 is 11.3 Å². The van der Waals surface area contributed by atoms with Gasteiger partial charge in [-0.3, -0.25) is 4.99 Å². The minimum Gasteiger partial charge on any atom is -0.355 e. The van der Waals surface area contributed by atoms with Crippen LogP contribution in [0.25, 0.3) is 0 Å². The van der Waals surface area contributed by atoms with Crippen LogP contribution in [0, 0.1) is 0 Å². The van der Waals surface area contributed by atoms with E-state index in [4.69, 9.17) is 0 Å². The fraction of sp³-hybridized carbons (Fsp3) is 0.667. The second-order valence-corrected chi connectivity index (χ2v) is 8.60. The van der Waals surface area contributed by atoms with Gasteiger partial charge in [0.05, 0.1) is 0 Å². The number of nitrogens with zero attached hydrogens (tertiary/aromatic N) is 2. The van der Waals surface area contributed by atoms with E-state index in [1.807, 2.05) is 0 Å². The highest BCUT2D eigenvalue weighted by Crippen LogP contribution is 2.14. The monoisotopic (exact) mass is 373 g/mol. The van der Waals surface area contributed by atoms with Crippen molar-refractivity contribution in [1.82, 2.24) is 20.3 Å². The summed E-state index contributed by atoms with van der Waals surface area (Å²) >= 11 is 1.21. The van der Waals surface area contributed by atoms with E-state index < -0.39 is 10.0 Å². The summed E-state index contributed by atoms with van der Waals surface area (Å²) in [5, 5.41) is 8.14. The lowest BCUT2D eigenvalue weighted by molar-refractivity contribution is 0.232. The Bertz CT molecular complexity index is 595. The molecule has 0 radical (unpaired) electrons. The summed E-state index contributed by atoms with van der Waals surface area (Å²) in [6, 6.07) is 3.33. The number of nitrogens with one attached hydrogen (secondary N) is 3. The van der Waals surface area contributed by atoms with Crippen LogP contribution in [0.4, 0.5) is 0 Å². The fourth-order valence-corrected chi connectivity index (χ4v) is 4.66. The predicted molar refractivity (Wildman–Crippen MR) is 99.2 cm³/mol. The van der Waals surface area contributed by atoms with Crippen molar-refractivity contribution in [2.24, 2.45) is 4.99 Å². The molecule has 136 valence electrons. The van der Waals surface area contributed by atoms with Crippen LogP contribution in [0.2, 0.25) is 0 Å². The van der Waals surface area contributed by atoms with Gasteiger partial charge in [0.25, 0.3) is 0 Å². The molecule has 1 aromatic heterocycles. The first-order chi connectivity index (χ1) is 11.6. The van der Waals surface area contributed by atoms with Gasteiger partial charge in [-0.1, -0.05) is 12.5 Å². The first-order valence-corrected chi connectivity index (χ1v) is 10.7. The van der Waals surface area contributed by atoms with Crippen LogP contribution < -0.4 is 15.4 Å². The predicted octanol–water partition coefficient (Wildman–Crippen LogP) is 0.677. The standard InChI is InChI=1S/C15H27N5O2S2/c1-16-15(18-9-12-20-10-3-2-4-11-20)17-7-8-19-24(21,22)14-6-5-13-23-14/h5-6,13,19H,2-4,7-12H2,1H3,(H2,16,17,18). The maximum atomic E-state index is 12.0. The molecule has 0 bridgehead atoms. The third-order valence-electron chi connectivity index (χ3n) is 3.86. The van der Waals surface area contributed by atoms with Crippen molar-refractivity contribution >= 4 is 27.3 Å². The molecular weight excluding hydrogens is 346 g/mol. The van der Waals surface area contributed by atoms with Crippen molar-refractivity contribution in [3.8, 4) is 0 Å². The molecule has 24 heavy (non-hydrogen) atoms. The Morgan fingerprint density at radius 1 is 1.21 bits per heavy atom. The summed E-state index contributed by atoms with van der Waals surface area (Å²) in [5.41, 5.74) is 0. The largest absolute Gasteiger partial charge is 0.355 e. The van der Waals surface area contributed by atoms with Crippen LogP contribution in [-0.4, -0.2) is 65.6 Å². The maximum Gasteiger partial charge on any atom is 0.250 e. The molecular formula is C15H27N5O2S2. The number of piperidine rings is 1. The molecule has 1 aliphatic rings. The van der Waals surface area contributed by atoms with Crippen LogP contribution in [-0.2, 0) is 10.0 Å². The van der Waals surface area contributed by atoms with Crippen LogP contribution in [0.15, 0.2) is 26.7 Å². The van der Waals surface area contributed by atoms with Gasteiger partial charge in [0.1, 0.15) is 4.21 Å². The van der Waals surface area contributed by atoms with Crippen molar-refractivity contribution in [2.45, 2.75) is 23.5 Å². The highest BCUT2D eigenvalue weighted by Gasteiger charge is 2.14. The highest BCUT2D eigenvalue weighted by atomic mass is 32.2. The number of hydrogen-bond donors (Lipinski definition) is 3. The molecule has 0 amide bonds. The molecule has 2 heterocycles. The molecule has 3 N–H and O–H groups in total. The summed E-state index contributed by atoms with van der Waals surface area (Å²) in [4.78, 5) is 6.61. The number of guanidine groups is 1. The van der Waals surface area contributed by atoms with E-state index >= 15 is 0 Å². The number of aliphatic imine (C=N–C) groups is 1. The molecule has 0 aliphatic carbocycles. The summed E-state index contributed by atoms with van der Waals surface area (Å²) in [6.45, 7) is 4.99. The Morgan fingerprint density at radius 3 is 2.62 bits per heavy atom. The molecule has 9 heteroatoms. The van der Waals surface area contributed by atoms with Crippen molar-refractivity contribution in [1.29, 1.82) is 0 Å². The summed E-state index contributed by atoms with van der Waals surface area (Å²) in [7, 11) is -1.68. The van der Waals surface area contributed by atoms with Crippen molar-refractivity contribution in [2.75, 3.05) is 46.3 Å². The zero-order valence-electron chi connectivity index (χ0n) is 14.1. The van der Waals surface area contributed by atoms with Crippen LogP contribution in [0.5, 0.6) is 0 Å². The van der Waals surface area contributed by atoms with Crippen LogP contribution in [0.1, 0.15) is 19.3 Å². The SMILES string of the molecule is CN=C(NCCNS(=O)(=O)c1cccs1)NCCN1CCCCC1. The highest BCUT2D eigenvalue weighted by molar-refractivity contribution is 7.91. The van der Waals surface area contributed by atoms with Crippen LogP contribution in [0.3, 0.4) is 0 Å². The van der Waals surface area contributed by atoms with Gasteiger partial charge >= 0.3 is 0 Å². The van der Waals surface area contributed by atoms with Gasteiger partial charge in [0.2, 0.25) is 10.0 Å². The molecule has 1 saturated heterocycles. The van der Waals surface area contributed by atoms with E-state index in [0.717, 1.165) is 13.1 Å². The zero-order valence-corrected chi connectivity index (χ0v) is 15.8. The normalized spacial score (nSPS) is 17.0. The van der Waals surface area contributed by atoms with Crippen molar-refractivity contribution in [3.63, 3.8) is 0 Å². The molecule has 0 unspecified atom stereocenters. The van der Waals surface area contributed by atoms with E-state index in [-0.39, 0.29) is 0 Å². The first-order valence-electron chi connectivity index (χ1n) is 8.32. The lowest BCUT2D eigenvalue weighted by Gasteiger charge is -2.26. The minimum atomic E-state index is -3.39. The van der Waals surface area contributed by atoms with Gasteiger partial charge in [0.15, 0.2) is 5.96 Å². The Kier molecular flexibility index (Phi) is 7.97. The van der Waals surface area contributed by atoms with E-state index in [0.29, 0.717) is 23.3 Å². The van der Waals surface area contributed by atoms with Gasteiger partial charge in [-0.15, -0.1) is 11.3 Å². The third kappa shape index (κ3) is 6.39. The fourth-order valence-electron chi connectivity index (χ4n) is 2.59. The topological polar surface area (TPSA) is 85.8 Å². The smallest absolute Gasteiger partial charge is 0.250 e. The first kappa shape index (κ1) is 19.2. The van der Waals surface area contributed by atoms with E-state index in [1.54, 1.807) is 24.6 Å². The Labute approximate surface area is 148 Å². The van der Waals surface area contributed by atoms with Gasteiger partial charge in [-0.25, -0.2) is 13.1 Å². The number of sulfonamides is 1. The summed E-state index contributed by atoms with van der Waals surface area (Å²) < 4.78 is 26.9. The van der Waals surface area contributed by atoms with E-state index in [1.165, 1.54) is 43.7 Å². The lowest BCUT2D eigenvalue weighted by Crippen LogP contribution is -2.44. The molecule has 0 saturated carbocycles. The molecule has 0 atom stereocenters. The molecule has 7 nitrogen and oxygen atoms in total. The molecule has 0 spiro atoms. The van der Waals surface area contributed by atoms with E-state index in [2.05, 4.69) is 25.2 Å². The van der Waals surface area contributed by atoms with Crippen molar-refractivity contribution < 1.29 is 8.42 Å². The second-order valence-electron chi connectivity index (χ2n) is 5.66. The molecule has 0 aromatic carbocycles. The van der Waals surface area contributed by atoms with Gasteiger partial charge in [-0.2, -0.15) is 0 Å². The van der Waals surface area contributed by atoms with Gasteiger partial charge < -0.3 is 15.5 Å². The zero-order chi connectivity index (χ0) is 17.3. The number of thiophene rings is 1. The summed E-state index contributed by atoms with van der Waals surface area (Å²) in [5.74, 6) is 0.697. The lowest BCUT2D eigenvalue weighted by atomic mass is 10.1. The van der Waals surface area contributed by atoms with Gasteiger partial charge in [-0.05, 0) is 37.4 Å². The number of likely N-dealkylation sites (tertiary alicyclic amines) is 1. The molecule has 1 fully saturated rings. The Balaban J connectivity index is 1.61. The molecule has 1 aliphatic heterocycles. The van der Waals surface area contributed by atoms with Gasteiger partial charge in [0, 0.05) is 33.2 Å². The summed E-state index contributed by atoms with van der Waals surface area (Å²) in [6.07, 6.45) is 3.92. The maximum absolute atomic E-state index is 12.0. The average Bonchev–Trinajstić information content (AvgIpc) is 3.13.